The molecular formula is C20H17N3O5. The highest BCUT2D eigenvalue weighted by molar-refractivity contribution is 6.04. The van der Waals surface area contributed by atoms with E-state index in [1.54, 1.807) is 36.4 Å². The number of aromatic carboxylic acids is 2. The number of aromatic nitrogens is 2. The van der Waals surface area contributed by atoms with Crippen LogP contribution in [0, 0.1) is 6.92 Å². The van der Waals surface area contributed by atoms with E-state index in [4.69, 9.17) is 5.11 Å². The summed E-state index contributed by atoms with van der Waals surface area (Å²) in [7, 11) is 0. The van der Waals surface area contributed by atoms with Gasteiger partial charge in [0.2, 0.25) is 0 Å². The summed E-state index contributed by atoms with van der Waals surface area (Å²) in [6.07, 6.45) is 0. The van der Waals surface area contributed by atoms with E-state index < -0.39 is 11.9 Å². The van der Waals surface area contributed by atoms with Crippen LogP contribution < -0.4 is 5.32 Å². The zero-order valence-electron chi connectivity index (χ0n) is 14.9. The van der Waals surface area contributed by atoms with Crippen molar-refractivity contribution >= 4 is 23.7 Å². The van der Waals surface area contributed by atoms with E-state index in [2.05, 4.69) is 10.4 Å². The fraction of sp³-hybridized carbons (Fsp3) is 0.100. The first-order valence-corrected chi connectivity index (χ1v) is 8.35. The van der Waals surface area contributed by atoms with Gasteiger partial charge in [-0.1, -0.05) is 29.8 Å². The van der Waals surface area contributed by atoms with E-state index in [0.717, 1.165) is 5.56 Å². The first kappa shape index (κ1) is 18.8. The predicted octanol–water partition coefficient (Wildman–Crippen LogP) is 2.89. The lowest BCUT2D eigenvalue weighted by molar-refractivity contribution is 0.0681. The molecule has 1 aromatic heterocycles. The molecule has 28 heavy (non-hydrogen) atoms. The van der Waals surface area contributed by atoms with Gasteiger partial charge in [0, 0.05) is 11.6 Å². The molecule has 0 fully saturated rings. The van der Waals surface area contributed by atoms with Crippen LogP contribution in [0.5, 0.6) is 0 Å². The largest absolute Gasteiger partial charge is 0.478 e. The smallest absolute Gasteiger partial charge is 0.356 e. The van der Waals surface area contributed by atoms with Gasteiger partial charge in [0.1, 0.15) is 5.82 Å². The predicted molar refractivity (Wildman–Crippen MR) is 101 cm³/mol. The van der Waals surface area contributed by atoms with Crippen molar-refractivity contribution in [1.82, 2.24) is 9.78 Å². The van der Waals surface area contributed by atoms with Crippen LogP contribution in [0.2, 0.25) is 0 Å². The van der Waals surface area contributed by atoms with Crippen molar-refractivity contribution in [3.8, 4) is 0 Å². The van der Waals surface area contributed by atoms with Crippen molar-refractivity contribution in [2.45, 2.75) is 13.5 Å². The summed E-state index contributed by atoms with van der Waals surface area (Å²) in [4.78, 5) is 34.7. The molecule has 3 N–H and O–H groups in total. The molecule has 0 aliphatic carbocycles. The topological polar surface area (TPSA) is 122 Å². The third-order valence-corrected chi connectivity index (χ3v) is 4.09. The van der Waals surface area contributed by atoms with Crippen LogP contribution >= 0.6 is 0 Å². The maximum absolute atomic E-state index is 12.5. The van der Waals surface area contributed by atoms with Crippen LogP contribution in [0.15, 0.2) is 54.6 Å². The monoisotopic (exact) mass is 379 g/mol. The lowest BCUT2D eigenvalue weighted by Gasteiger charge is -2.09. The Hall–Kier alpha value is -3.94. The number of amides is 1. The quantitative estimate of drug-likeness (QED) is 0.605. The summed E-state index contributed by atoms with van der Waals surface area (Å²) >= 11 is 0. The number of carboxylic acids is 2. The Balaban J connectivity index is 1.86. The number of hydrogen-bond acceptors (Lipinski definition) is 4. The van der Waals surface area contributed by atoms with Gasteiger partial charge < -0.3 is 15.5 Å². The molecule has 0 bridgehead atoms. The van der Waals surface area contributed by atoms with Crippen molar-refractivity contribution in [2.24, 2.45) is 0 Å². The number of carbonyl (C=O) groups is 3. The molecule has 142 valence electrons. The first-order valence-electron chi connectivity index (χ1n) is 8.35. The molecule has 1 heterocycles. The molecular weight excluding hydrogens is 362 g/mol. The minimum absolute atomic E-state index is 0.142. The average Bonchev–Trinajstić information content (AvgIpc) is 3.05. The molecule has 8 nitrogen and oxygen atoms in total. The Labute approximate surface area is 160 Å². The number of nitrogens with one attached hydrogen (secondary N) is 1. The van der Waals surface area contributed by atoms with Crippen LogP contribution in [-0.2, 0) is 6.54 Å². The number of rotatable bonds is 6. The molecule has 0 aliphatic rings. The van der Waals surface area contributed by atoms with Gasteiger partial charge in [-0.2, -0.15) is 5.10 Å². The van der Waals surface area contributed by atoms with Gasteiger partial charge in [0.15, 0.2) is 5.69 Å². The molecule has 0 unspecified atom stereocenters. The average molecular weight is 379 g/mol. The molecule has 2 aromatic carbocycles. The number of carbonyl (C=O) groups excluding carboxylic acids is 1. The minimum atomic E-state index is -1.22. The second kappa shape index (κ2) is 7.75. The van der Waals surface area contributed by atoms with Crippen LogP contribution in [0.4, 0.5) is 5.82 Å². The van der Waals surface area contributed by atoms with Crippen molar-refractivity contribution in [3.63, 3.8) is 0 Å². The molecule has 0 aliphatic heterocycles. The first-order chi connectivity index (χ1) is 13.3. The van der Waals surface area contributed by atoms with E-state index >= 15 is 0 Å². The second-order valence-corrected chi connectivity index (χ2v) is 6.20. The molecule has 0 spiro atoms. The van der Waals surface area contributed by atoms with Crippen LogP contribution in [-0.4, -0.2) is 37.8 Å². The standard InChI is InChI=1S/C20H17N3O5/c1-12-2-6-14(7-3-12)18(24)21-17-10-16(20(27)28)22-23(17)11-13-4-8-15(9-5-13)19(25)26/h2-10H,11H2,1H3,(H,21,24)(H,25,26)(H,27,28). The lowest BCUT2D eigenvalue weighted by atomic mass is 10.1. The van der Waals surface area contributed by atoms with Gasteiger partial charge in [0.25, 0.3) is 5.91 Å². The van der Waals surface area contributed by atoms with E-state index in [0.29, 0.717) is 11.1 Å². The van der Waals surface area contributed by atoms with E-state index in [-0.39, 0.29) is 29.5 Å². The number of carboxylic acid groups (broad SMARTS) is 2. The van der Waals surface area contributed by atoms with Gasteiger partial charge in [-0.05, 0) is 36.8 Å². The molecule has 0 radical (unpaired) electrons. The maximum atomic E-state index is 12.5. The highest BCUT2D eigenvalue weighted by Crippen LogP contribution is 2.16. The molecule has 0 atom stereocenters. The fourth-order valence-electron chi connectivity index (χ4n) is 2.56. The molecule has 8 heteroatoms. The summed E-state index contributed by atoms with van der Waals surface area (Å²) in [5.74, 6) is -2.42. The van der Waals surface area contributed by atoms with E-state index in [1.807, 2.05) is 6.92 Å². The molecule has 3 aromatic rings. The third kappa shape index (κ3) is 4.24. The highest BCUT2D eigenvalue weighted by Gasteiger charge is 2.16. The van der Waals surface area contributed by atoms with E-state index in [1.165, 1.54) is 22.9 Å². The van der Waals surface area contributed by atoms with Gasteiger partial charge >= 0.3 is 11.9 Å². The molecule has 1 amide bonds. The Bertz CT molecular complexity index is 1040. The molecule has 0 saturated heterocycles. The minimum Gasteiger partial charge on any atom is -0.478 e. The number of benzene rings is 2. The lowest BCUT2D eigenvalue weighted by Crippen LogP contribution is -2.16. The summed E-state index contributed by atoms with van der Waals surface area (Å²) in [5.41, 5.74) is 2.08. The van der Waals surface area contributed by atoms with Crippen molar-refractivity contribution < 1.29 is 24.6 Å². The summed E-state index contributed by atoms with van der Waals surface area (Å²) in [6.45, 7) is 2.07. The Kier molecular flexibility index (Phi) is 5.21. The zero-order valence-corrected chi connectivity index (χ0v) is 14.9. The van der Waals surface area contributed by atoms with E-state index in [9.17, 15) is 19.5 Å². The van der Waals surface area contributed by atoms with Crippen LogP contribution in [0.1, 0.15) is 42.3 Å². The van der Waals surface area contributed by atoms with Crippen LogP contribution in [0.25, 0.3) is 0 Å². The Morgan fingerprint density at radius 1 is 0.929 bits per heavy atom. The van der Waals surface area contributed by atoms with Crippen LogP contribution in [0.3, 0.4) is 0 Å². The summed E-state index contributed by atoms with van der Waals surface area (Å²) in [5, 5.41) is 24.9. The maximum Gasteiger partial charge on any atom is 0.356 e. The van der Waals surface area contributed by atoms with Crippen molar-refractivity contribution in [1.29, 1.82) is 0 Å². The highest BCUT2D eigenvalue weighted by atomic mass is 16.4. The zero-order chi connectivity index (χ0) is 20.3. The molecule has 3 rings (SSSR count). The van der Waals surface area contributed by atoms with Crippen molar-refractivity contribution in [3.05, 3.63) is 82.5 Å². The summed E-state index contributed by atoms with van der Waals surface area (Å²) < 4.78 is 1.35. The number of hydrogen-bond donors (Lipinski definition) is 3. The van der Waals surface area contributed by atoms with Gasteiger partial charge in [0.05, 0.1) is 12.1 Å². The summed E-state index contributed by atoms with van der Waals surface area (Å²) in [6, 6.07) is 14.3. The fourth-order valence-corrected chi connectivity index (χ4v) is 2.56. The van der Waals surface area contributed by atoms with Gasteiger partial charge in [-0.15, -0.1) is 0 Å². The number of aryl methyl sites for hydroxylation is 1. The van der Waals surface area contributed by atoms with Crippen molar-refractivity contribution in [2.75, 3.05) is 5.32 Å². The Morgan fingerprint density at radius 2 is 1.54 bits per heavy atom. The number of nitrogens with zero attached hydrogens (tertiary/aromatic N) is 2. The Morgan fingerprint density at radius 3 is 2.11 bits per heavy atom. The second-order valence-electron chi connectivity index (χ2n) is 6.20. The normalized spacial score (nSPS) is 10.5. The van der Waals surface area contributed by atoms with Gasteiger partial charge in [-0.25, -0.2) is 14.3 Å². The number of anilines is 1. The third-order valence-electron chi connectivity index (χ3n) is 4.09. The van der Waals surface area contributed by atoms with Gasteiger partial charge in [-0.3, -0.25) is 4.79 Å². The molecule has 0 saturated carbocycles. The SMILES string of the molecule is Cc1ccc(C(=O)Nc2cc(C(=O)O)nn2Cc2ccc(C(=O)O)cc2)cc1.